The number of hydrogen-bond acceptors (Lipinski definition) is 3. The number of benzene rings is 9. The van der Waals surface area contributed by atoms with Gasteiger partial charge in [-0.25, -0.2) is 0 Å². The van der Waals surface area contributed by atoms with Crippen LogP contribution in [0.3, 0.4) is 0 Å². The average molecular weight is 845 g/mol. The molecule has 0 aliphatic rings. The summed E-state index contributed by atoms with van der Waals surface area (Å²) in [5, 5.41) is -1.98. The summed E-state index contributed by atoms with van der Waals surface area (Å²) < 4.78 is 254. The predicted molar refractivity (Wildman–Crippen MR) is 263 cm³/mol. The highest BCUT2D eigenvalue weighted by Crippen LogP contribution is 2.42. The van der Waals surface area contributed by atoms with Crippen molar-refractivity contribution in [1.29, 1.82) is 0 Å². The van der Waals surface area contributed by atoms with Crippen molar-refractivity contribution >= 4 is 87.2 Å². The second-order valence-corrected chi connectivity index (χ2v) is 14.4. The maximum atomic E-state index is 10.2. The summed E-state index contributed by atoms with van der Waals surface area (Å²) in [5.74, 6) is -2.66. The summed E-state index contributed by atoms with van der Waals surface area (Å²) in [5.41, 5.74) is -4.92. The molecule has 0 aliphatic heterocycles. The molecule has 0 saturated heterocycles. The van der Waals surface area contributed by atoms with Gasteiger partial charge in [0, 0.05) is 43.1 Å². The lowest BCUT2D eigenvalue weighted by atomic mass is 10.1. The number of fused-ring (bicyclic) bond motifs is 12. The molecule has 0 bridgehead atoms. The lowest BCUT2D eigenvalue weighted by molar-refractivity contribution is 0.890. The first-order chi connectivity index (χ1) is 43.0. The Bertz CT molecular complexity index is 5330. The van der Waals surface area contributed by atoms with Gasteiger partial charge in [0.25, 0.3) is 0 Å². The molecule has 14 aromatic rings. The van der Waals surface area contributed by atoms with Crippen molar-refractivity contribution in [2.24, 2.45) is 0 Å². The zero-order valence-electron chi connectivity index (χ0n) is 59.2. The van der Waals surface area contributed by atoms with Crippen molar-refractivity contribution in [3.05, 3.63) is 212 Å². The molecule has 0 spiro atoms. The first-order valence-electron chi connectivity index (χ1n) is 32.9. The minimum absolute atomic E-state index is 0.0183. The molecule has 0 atom stereocenters. The minimum atomic E-state index is -0.912. The minimum Gasteiger partial charge on any atom is -0.308 e. The lowest BCUT2D eigenvalue weighted by Crippen LogP contribution is -2.12. The Morgan fingerprint density at radius 2 is 0.594 bits per heavy atom. The fraction of sp³-hybridized carbons (Fsp3) is 0. The molecule has 0 N–H and O–H groups in total. The number of rotatable bonds is 5. The molecule has 5 heterocycles. The molecule has 9 aromatic carbocycles. The van der Waals surface area contributed by atoms with E-state index in [2.05, 4.69) is 0 Å². The molecule has 0 amide bonds. The molecule has 0 fully saturated rings. The Morgan fingerprint density at radius 3 is 0.969 bits per heavy atom. The SMILES string of the molecule is [2H]c1c([2H])c(-n2c3ccccc3c3c([2H])c([2H])c([2H])c([2H])c32)c(-c2nc(-n3c4c([2H])c([2H])c([2H])c([2H])c4c4c([2H])c([2H])c([2H])c([2H])c43)nc(-n3c4c([2H])c([2H])c([2H])c([2H])c4c4c([2H])c([2H])c([2H])c([2H])c43)n2)c(-n2c3ccccc3c3c([2H])c([2H])c([2H])c([2H])c32)c1[2H]. The van der Waals surface area contributed by atoms with Gasteiger partial charge in [0.15, 0.2) is 5.82 Å². The van der Waals surface area contributed by atoms with E-state index >= 15 is 0 Å². The van der Waals surface area contributed by atoms with Crippen molar-refractivity contribution in [2.45, 2.75) is 0 Å². The number of hydrogen-bond donors (Lipinski definition) is 0. The first-order valence-corrected chi connectivity index (χ1v) is 19.4. The van der Waals surface area contributed by atoms with Crippen LogP contribution in [0.5, 0.6) is 0 Å². The molecule has 7 nitrogen and oxygen atoms in total. The van der Waals surface area contributed by atoms with E-state index in [0.717, 1.165) is 9.13 Å². The molecule has 5 aromatic heterocycles. The molecular weight excluding hydrogens is 783 g/mol. The van der Waals surface area contributed by atoms with Gasteiger partial charge in [-0.3, -0.25) is 9.13 Å². The van der Waals surface area contributed by atoms with E-state index in [9.17, 15) is 20.6 Å². The molecule has 0 radical (unpaired) electrons. The number of aromatic nitrogens is 7. The van der Waals surface area contributed by atoms with E-state index in [1.165, 1.54) is 45.5 Å². The van der Waals surface area contributed by atoms with E-state index in [4.69, 9.17) is 31.4 Å². The van der Waals surface area contributed by atoms with Crippen molar-refractivity contribution in [2.75, 3.05) is 0 Å². The Hall–Kier alpha value is -8.81. The van der Waals surface area contributed by atoms with Crippen LogP contribution in [0.15, 0.2) is 212 Å². The molecule has 0 saturated carbocycles. The summed E-state index contributed by atoms with van der Waals surface area (Å²) in [4.78, 5) is 14.8. The quantitative estimate of drug-likeness (QED) is 0.173. The molecule has 64 heavy (non-hydrogen) atoms. The Kier molecular flexibility index (Phi) is 3.73. The van der Waals surface area contributed by atoms with E-state index < -0.39 is 241 Å². The highest BCUT2D eigenvalue weighted by Gasteiger charge is 2.26. The van der Waals surface area contributed by atoms with Crippen LogP contribution in [0.25, 0.3) is 122 Å². The highest BCUT2D eigenvalue weighted by molar-refractivity contribution is 6.13. The third-order valence-electron chi connectivity index (χ3n) is 11.2. The zero-order valence-corrected chi connectivity index (χ0v) is 32.2. The normalized spacial score (nSPS) is 18.0. The summed E-state index contributed by atoms with van der Waals surface area (Å²) >= 11 is 0. The van der Waals surface area contributed by atoms with E-state index in [1.807, 2.05) is 0 Å². The monoisotopic (exact) mass is 844 g/mol. The van der Waals surface area contributed by atoms with Crippen LogP contribution < -0.4 is 0 Å². The van der Waals surface area contributed by atoms with Crippen LogP contribution >= 0.6 is 0 Å². The third-order valence-corrected chi connectivity index (χ3v) is 11.2. The largest absolute Gasteiger partial charge is 0.308 e. The molecule has 0 unspecified atom stereocenters. The lowest BCUT2D eigenvalue weighted by Gasteiger charge is -2.20. The highest BCUT2D eigenvalue weighted by atomic mass is 15.3. The van der Waals surface area contributed by atoms with Gasteiger partial charge in [0.2, 0.25) is 11.9 Å². The van der Waals surface area contributed by atoms with E-state index in [-0.39, 0.29) is 43.6 Å². The van der Waals surface area contributed by atoms with Gasteiger partial charge in [-0.05, 0) is 60.5 Å². The summed E-state index contributed by atoms with van der Waals surface area (Å²) in [6, 6.07) is -9.77. The van der Waals surface area contributed by atoms with Crippen LogP contribution in [-0.4, -0.2) is 33.2 Å². The van der Waals surface area contributed by atoms with Crippen molar-refractivity contribution in [3.63, 3.8) is 0 Å². The van der Waals surface area contributed by atoms with Gasteiger partial charge < -0.3 is 9.13 Å². The average Bonchev–Trinajstić information content (AvgIpc) is 1.62. The van der Waals surface area contributed by atoms with Gasteiger partial charge >= 0.3 is 0 Å². The summed E-state index contributed by atoms with van der Waals surface area (Å²) in [7, 11) is 0. The van der Waals surface area contributed by atoms with Crippen LogP contribution in [0.1, 0.15) is 37.0 Å². The van der Waals surface area contributed by atoms with Gasteiger partial charge in [-0.15, -0.1) is 0 Å². The summed E-state index contributed by atoms with van der Waals surface area (Å²) in [6.45, 7) is 0. The van der Waals surface area contributed by atoms with Gasteiger partial charge in [0.1, 0.15) is 0 Å². The standard InChI is InChI=1S/C57H35N7/c1-9-26-44-36(18-1)37-19-2-10-27-45(37)61(44)52-34-17-35-53(62-46-28-11-3-20-38(46)39-21-4-12-29-47(39)62)54(52)55-58-56(63-48-30-13-5-22-40(48)41-23-6-14-31-49(41)63)60-57(59-55)64-50-32-15-7-24-42(50)43-25-8-16-33-51(43)64/h1-35H/i1D,3D,5D,6D,7D,8D,9D,11D,13D,14D,15D,16D,17D,18D,20D,22D,23D,24D,25D,26D,28D,30D,31D,32D,33D,34D,35D. The van der Waals surface area contributed by atoms with Crippen LogP contribution in [0.2, 0.25) is 0 Å². The Labute approximate surface area is 403 Å². The number of para-hydroxylation sites is 8. The fourth-order valence-electron chi connectivity index (χ4n) is 8.64. The Morgan fingerprint density at radius 1 is 0.281 bits per heavy atom. The molecule has 298 valence electrons. The fourth-order valence-corrected chi connectivity index (χ4v) is 8.64. The van der Waals surface area contributed by atoms with Gasteiger partial charge in [-0.1, -0.05) is 151 Å². The topological polar surface area (TPSA) is 58.4 Å². The van der Waals surface area contributed by atoms with E-state index in [1.54, 1.807) is 12.1 Å². The van der Waals surface area contributed by atoms with Crippen LogP contribution in [0, 0.1) is 0 Å². The molecule has 7 heteroatoms. The second kappa shape index (κ2) is 13.3. The smallest absolute Gasteiger partial charge is 0.240 e. The molecule has 14 rings (SSSR count). The predicted octanol–water partition coefficient (Wildman–Crippen LogP) is 13.9. The van der Waals surface area contributed by atoms with Crippen molar-refractivity contribution in [1.82, 2.24) is 33.2 Å². The van der Waals surface area contributed by atoms with Crippen molar-refractivity contribution < 1.29 is 37.0 Å². The first kappa shape index (κ1) is 17.9. The van der Waals surface area contributed by atoms with Gasteiger partial charge in [-0.2, -0.15) is 15.0 Å². The molecular formula is C57H35N7. The van der Waals surface area contributed by atoms with Crippen LogP contribution in [-0.2, 0) is 0 Å². The maximum absolute atomic E-state index is 10.2. The van der Waals surface area contributed by atoms with Crippen molar-refractivity contribution in [3.8, 4) is 34.7 Å². The summed E-state index contributed by atoms with van der Waals surface area (Å²) in [6.07, 6.45) is 0. The van der Waals surface area contributed by atoms with Crippen LogP contribution in [0.4, 0.5) is 0 Å². The maximum Gasteiger partial charge on any atom is 0.240 e. The third kappa shape index (κ3) is 4.83. The Balaban J connectivity index is 1.33. The zero-order chi connectivity index (χ0) is 65.4. The second-order valence-electron chi connectivity index (χ2n) is 14.4. The van der Waals surface area contributed by atoms with E-state index in [0.29, 0.717) is 0 Å². The number of nitrogens with zero attached hydrogens (tertiary/aromatic N) is 7. The molecule has 0 aliphatic carbocycles. The van der Waals surface area contributed by atoms with Gasteiger partial charge in [0.05, 0.1) is 98.1 Å².